The van der Waals surface area contributed by atoms with Crippen molar-refractivity contribution >= 4 is 39.2 Å². The van der Waals surface area contributed by atoms with Crippen molar-refractivity contribution in [3.8, 4) is 22.3 Å². The van der Waals surface area contributed by atoms with Crippen LogP contribution in [-0.4, -0.2) is 6.88 Å². The first kappa shape index (κ1) is 34.2. The standard InChI is InChI=1S/C22H19.C17H15.2CH3.Si.Zr/c1-15(2)18-13-17-9-6-12-21(22(17)14-18)20-11-5-8-16-7-3-4-10-19(16)20;1-12-10-16-13(2)8-9-15(17(16)11-12)14-6-4-3-5-7-14;;;;/h3-15H,1-2H3;3-11H,1-2H3;2*1H3;;/q4*-1;;. The van der Waals surface area contributed by atoms with Crippen molar-refractivity contribution in [3.63, 3.8) is 0 Å². The van der Waals surface area contributed by atoms with Gasteiger partial charge in [-0.2, -0.15) is 12.1 Å². The maximum absolute atomic E-state index is 3.06. The second kappa shape index (κ2) is 15.4. The summed E-state index contributed by atoms with van der Waals surface area (Å²) in [6.45, 7) is 11.9. The first-order chi connectivity index (χ1) is 20.0. The molecule has 0 aromatic heterocycles. The summed E-state index contributed by atoms with van der Waals surface area (Å²) in [5.41, 5.74) is 9.40. The van der Waals surface area contributed by atoms with Gasteiger partial charge < -0.3 is 14.9 Å². The monoisotopic (exact) mass is 650 g/mol. The number of hydrogen-bond donors (Lipinski definition) is 0. The van der Waals surface area contributed by atoms with Gasteiger partial charge in [-0.25, -0.2) is 0 Å². The molecule has 0 heterocycles. The van der Waals surface area contributed by atoms with E-state index in [1.165, 1.54) is 94.6 Å². The van der Waals surface area contributed by atoms with Crippen LogP contribution < -0.4 is 0 Å². The van der Waals surface area contributed by atoms with Gasteiger partial charge in [0.05, 0.1) is 0 Å². The Kier molecular flexibility index (Phi) is 12.3. The summed E-state index contributed by atoms with van der Waals surface area (Å²) in [7, 11) is 0. The predicted octanol–water partition coefficient (Wildman–Crippen LogP) is 11.9. The van der Waals surface area contributed by atoms with Crippen LogP contribution in [0, 0.1) is 28.7 Å². The zero-order chi connectivity index (χ0) is 28.9. The van der Waals surface area contributed by atoms with Crippen molar-refractivity contribution < 1.29 is 23.3 Å². The number of rotatable bonds is 3. The van der Waals surface area contributed by atoms with Crippen LogP contribution in [0.25, 0.3) is 54.6 Å². The molecule has 0 saturated heterocycles. The molecule has 0 fully saturated rings. The van der Waals surface area contributed by atoms with Crippen molar-refractivity contribution in [2.24, 2.45) is 0 Å². The van der Waals surface area contributed by atoms with Crippen molar-refractivity contribution in [1.29, 1.82) is 0 Å². The molecule has 0 aliphatic rings. The van der Waals surface area contributed by atoms with E-state index in [2.05, 4.69) is 162 Å². The third kappa shape index (κ3) is 7.26. The van der Waals surface area contributed by atoms with Crippen LogP contribution >= 0.6 is 0 Å². The van der Waals surface area contributed by atoms with E-state index in [0.29, 0.717) is 5.92 Å². The van der Waals surface area contributed by atoms with Gasteiger partial charge in [-0.05, 0) is 27.8 Å². The quantitative estimate of drug-likeness (QED) is 0.132. The van der Waals surface area contributed by atoms with Crippen LogP contribution in [0.5, 0.6) is 0 Å². The minimum atomic E-state index is 0. The fraction of sp³-hybridized carbons (Fsp3) is 0.122. The Morgan fingerprint density at radius 3 is 1.93 bits per heavy atom. The Morgan fingerprint density at radius 1 is 0.581 bits per heavy atom. The number of fused-ring (bicyclic) bond motifs is 3. The van der Waals surface area contributed by atoms with E-state index in [0.717, 1.165) is 0 Å². The van der Waals surface area contributed by atoms with Gasteiger partial charge in [-0.1, -0.05) is 124 Å². The minimum absolute atomic E-state index is 0. The Balaban J connectivity index is 0.000000219. The molecule has 0 aliphatic heterocycles. The zero-order valence-electron chi connectivity index (χ0n) is 26.2. The summed E-state index contributed by atoms with van der Waals surface area (Å²) < 4.78 is 0. The Morgan fingerprint density at radius 2 is 1.21 bits per heavy atom. The third-order valence-corrected chi connectivity index (χ3v) is 7.85. The van der Waals surface area contributed by atoms with Crippen molar-refractivity contribution in [2.45, 2.75) is 33.6 Å². The van der Waals surface area contributed by atoms with Crippen molar-refractivity contribution in [2.75, 3.05) is 0 Å². The molecule has 0 atom stereocenters. The summed E-state index contributed by atoms with van der Waals surface area (Å²) in [6.07, 6.45) is 0. The normalized spacial score (nSPS) is 10.3. The van der Waals surface area contributed by atoms with Gasteiger partial charge in [0.25, 0.3) is 0 Å². The van der Waals surface area contributed by atoms with Gasteiger partial charge >= 0.3 is 30.2 Å². The summed E-state index contributed by atoms with van der Waals surface area (Å²) in [5, 5.41) is 8.08. The molecule has 2 radical (unpaired) electrons. The van der Waals surface area contributed by atoms with Crippen LogP contribution in [0.4, 0.5) is 0 Å². The van der Waals surface area contributed by atoms with E-state index in [1.54, 1.807) is 0 Å². The predicted molar refractivity (Wildman–Crippen MR) is 190 cm³/mol. The van der Waals surface area contributed by atoms with Gasteiger partial charge in [-0.15, -0.1) is 68.6 Å². The van der Waals surface area contributed by atoms with Crippen LogP contribution in [0.15, 0.2) is 127 Å². The molecule has 7 aromatic rings. The van der Waals surface area contributed by atoms with Crippen LogP contribution in [0.3, 0.4) is 0 Å². The molecular formula is C41H40SiZr-4. The molecule has 43 heavy (non-hydrogen) atoms. The van der Waals surface area contributed by atoms with Gasteiger partial charge in [0, 0.05) is 0 Å². The van der Waals surface area contributed by atoms with Crippen LogP contribution in [0.2, 0.25) is 0 Å². The molecule has 216 valence electrons. The average molecular weight is 652 g/mol. The summed E-state index contributed by atoms with van der Waals surface area (Å²) in [4.78, 5) is 0. The average Bonchev–Trinajstić information content (AvgIpc) is 3.63. The fourth-order valence-corrected chi connectivity index (χ4v) is 5.75. The van der Waals surface area contributed by atoms with E-state index < -0.39 is 0 Å². The van der Waals surface area contributed by atoms with Crippen LogP contribution in [0.1, 0.15) is 36.5 Å². The van der Waals surface area contributed by atoms with E-state index in [9.17, 15) is 0 Å². The van der Waals surface area contributed by atoms with Gasteiger partial charge in [0.1, 0.15) is 0 Å². The fourth-order valence-electron chi connectivity index (χ4n) is 5.75. The topological polar surface area (TPSA) is 0 Å². The Hall–Kier alpha value is -3.32. The Labute approximate surface area is 275 Å². The first-order valence-electron chi connectivity index (χ1n) is 14.1. The Bertz CT molecular complexity index is 1920. The second-order valence-electron chi connectivity index (χ2n) is 10.9. The molecule has 2 heteroatoms. The maximum atomic E-state index is 3.06. The number of hydrogen-bond acceptors (Lipinski definition) is 0. The second-order valence-corrected chi connectivity index (χ2v) is 10.9. The van der Waals surface area contributed by atoms with E-state index >= 15 is 0 Å². The third-order valence-electron chi connectivity index (χ3n) is 7.85. The first-order valence-corrected chi connectivity index (χ1v) is 18.3. The van der Waals surface area contributed by atoms with Gasteiger partial charge in [0.2, 0.25) is 0 Å². The molecule has 7 aromatic carbocycles. The molecule has 0 nitrogen and oxygen atoms in total. The van der Waals surface area contributed by atoms with Crippen molar-refractivity contribution in [3.05, 3.63) is 159 Å². The molecule has 0 saturated carbocycles. The van der Waals surface area contributed by atoms with Gasteiger partial charge in [-0.3, -0.25) is 0 Å². The molecule has 0 N–H and O–H groups in total. The van der Waals surface area contributed by atoms with Gasteiger partial charge in [0.15, 0.2) is 0 Å². The number of aryl methyl sites for hydroxylation is 2. The SMILES string of the molecule is CC(C)c1cc2c(-c3cccc4ccccc34)cccc2[cH-]1.Cc1cc2c(-c3ccccc3)ccc(C)c2[cH-]1.[CH3-].[CH3-].[Si]=[Zr]. The summed E-state index contributed by atoms with van der Waals surface area (Å²) in [5.74, 6) is 0.563. The number of benzene rings is 5. The zero-order valence-corrected chi connectivity index (χ0v) is 29.7. The molecular weight excluding hydrogens is 612 g/mol. The van der Waals surface area contributed by atoms with E-state index in [1.807, 2.05) is 0 Å². The molecule has 0 bridgehead atoms. The summed E-state index contributed by atoms with van der Waals surface area (Å²) >= 11 is 1.36. The molecule has 0 amide bonds. The van der Waals surface area contributed by atoms with Crippen LogP contribution in [-0.2, 0) is 23.3 Å². The molecule has 0 unspecified atom stereocenters. The molecule has 0 aliphatic carbocycles. The van der Waals surface area contributed by atoms with Crippen molar-refractivity contribution in [1.82, 2.24) is 0 Å². The molecule has 0 spiro atoms. The summed E-state index contributed by atoms with van der Waals surface area (Å²) in [6, 6.07) is 46.1. The van der Waals surface area contributed by atoms with E-state index in [-0.39, 0.29) is 14.9 Å². The van der Waals surface area contributed by atoms with E-state index in [4.69, 9.17) is 0 Å². The molecule has 7 rings (SSSR count).